The fourth-order valence-electron chi connectivity index (χ4n) is 3.48. The second kappa shape index (κ2) is 8.20. The fourth-order valence-corrected chi connectivity index (χ4v) is 3.67. The Morgan fingerprint density at radius 1 is 1.18 bits per heavy atom. The number of urea groups is 1. The minimum Gasteiger partial charge on any atom is -0.497 e. The number of amides is 3. The van der Waals surface area contributed by atoms with Crippen molar-refractivity contribution in [1.29, 1.82) is 0 Å². The molecule has 1 aliphatic heterocycles. The van der Waals surface area contributed by atoms with Crippen LogP contribution in [0.1, 0.15) is 24.5 Å². The van der Waals surface area contributed by atoms with Crippen molar-refractivity contribution >= 4 is 23.5 Å². The maximum Gasteiger partial charge on any atom is 0.326 e. The van der Waals surface area contributed by atoms with Crippen molar-refractivity contribution in [3.05, 3.63) is 64.7 Å². The molecule has 2 aromatic rings. The average molecular weight is 402 g/mol. The van der Waals surface area contributed by atoms with E-state index in [0.29, 0.717) is 23.6 Å². The smallest absolute Gasteiger partial charge is 0.326 e. The normalized spacial score (nSPS) is 19.2. The standard InChI is InChI=1S/C21H24ClN3O3/c1-4-21(16-6-5-7-17(22)12-16)19(26)25(20(27)23-21)14-24(2)13-15-8-10-18(28-3)11-9-15/h5-12H,4,13-14H2,1-3H3,(H,23,27)/t21-/m0/s1. The fraction of sp³-hybridized carbons (Fsp3) is 0.333. The molecule has 3 rings (SSSR count). The number of nitrogens with one attached hydrogen (secondary N) is 1. The molecule has 0 aromatic heterocycles. The number of ether oxygens (including phenoxy) is 1. The summed E-state index contributed by atoms with van der Waals surface area (Å²) in [5, 5.41) is 3.41. The summed E-state index contributed by atoms with van der Waals surface area (Å²) >= 11 is 6.10. The number of imide groups is 1. The monoisotopic (exact) mass is 401 g/mol. The van der Waals surface area contributed by atoms with E-state index in [1.807, 2.05) is 49.2 Å². The van der Waals surface area contributed by atoms with Gasteiger partial charge >= 0.3 is 6.03 Å². The Kier molecular flexibility index (Phi) is 5.91. The molecule has 0 radical (unpaired) electrons. The molecule has 1 heterocycles. The van der Waals surface area contributed by atoms with E-state index in [9.17, 15) is 9.59 Å². The van der Waals surface area contributed by atoms with Gasteiger partial charge in [0.1, 0.15) is 11.3 Å². The van der Waals surface area contributed by atoms with Gasteiger partial charge in [0.15, 0.2) is 0 Å². The van der Waals surface area contributed by atoms with Gasteiger partial charge in [0.2, 0.25) is 0 Å². The van der Waals surface area contributed by atoms with E-state index < -0.39 is 11.6 Å². The number of hydrogen-bond acceptors (Lipinski definition) is 4. The molecule has 148 valence electrons. The molecule has 28 heavy (non-hydrogen) atoms. The van der Waals surface area contributed by atoms with Crippen molar-refractivity contribution in [3.63, 3.8) is 0 Å². The largest absolute Gasteiger partial charge is 0.497 e. The van der Waals surface area contributed by atoms with Crippen LogP contribution in [0.5, 0.6) is 5.75 Å². The molecule has 1 atom stereocenters. The van der Waals surface area contributed by atoms with Gasteiger partial charge in [-0.1, -0.05) is 42.8 Å². The number of carbonyl (C=O) groups excluding carboxylic acids is 2. The van der Waals surface area contributed by atoms with E-state index >= 15 is 0 Å². The van der Waals surface area contributed by atoms with Gasteiger partial charge in [-0.05, 0) is 48.9 Å². The third kappa shape index (κ3) is 3.84. The van der Waals surface area contributed by atoms with Crippen LogP contribution in [0.15, 0.2) is 48.5 Å². The summed E-state index contributed by atoms with van der Waals surface area (Å²) in [6, 6.07) is 14.4. The molecule has 0 saturated carbocycles. The molecular weight excluding hydrogens is 378 g/mol. The van der Waals surface area contributed by atoms with E-state index in [1.165, 1.54) is 4.90 Å². The molecule has 1 aliphatic rings. The maximum absolute atomic E-state index is 13.2. The van der Waals surface area contributed by atoms with Crippen LogP contribution in [0.3, 0.4) is 0 Å². The molecule has 2 aromatic carbocycles. The van der Waals surface area contributed by atoms with Crippen LogP contribution >= 0.6 is 11.6 Å². The van der Waals surface area contributed by atoms with Crippen molar-refractivity contribution in [3.8, 4) is 5.75 Å². The highest BCUT2D eigenvalue weighted by Gasteiger charge is 2.51. The van der Waals surface area contributed by atoms with Gasteiger partial charge in [-0.2, -0.15) is 0 Å². The highest BCUT2D eigenvalue weighted by molar-refractivity contribution is 6.30. The lowest BCUT2D eigenvalue weighted by Gasteiger charge is -2.27. The first kappa shape index (κ1) is 20.2. The zero-order chi connectivity index (χ0) is 20.3. The number of hydrogen-bond donors (Lipinski definition) is 1. The predicted octanol–water partition coefficient (Wildman–Crippen LogP) is 3.60. The summed E-state index contributed by atoms with van der Waals surface area (Å²) in [6.07, 6.45) is 0.441. The summed E-state index contributed by atoms with van der Waals surface area (Å²) in [6.45, 7) is 2.67. The highest BCUT2D eigenvalue weighted by Crippen LogP contribution is 2.33. The van der Waals surface area contributed by atoms with Crippen molar-refractivity contribution in [1.82, 2.24) is 15.1 Å². The summed E-state index contributed by atoms with van der Waals surface area (Å²) in [5.74, 6) is 0.526. The van der Waals surface area contributed by atoms with Crippen LogP contribution in [0, 0.1) is 0 Å². The quantitative estimate of drug-likeness (QED) is 0.720. The summed E-state index contributed by atoms with van der Waals surface area (Å²) in [4.78, 5) is 29.0. The van der Waals surface area contributed by atoms with Crippen LogP contribution in [0.2, 0.25) is 5.02 Å². The van der Waals surface area contributed by atoms with Gasteiger partial charge < -0.3 is 10.1 Å². The second-order valence-electron chi connectivity index (χ2n) is 6.94. The Morgan fingerprint density at radius 2 is 1.89 bits per heavy atom. The molecule has 6 nitrogen and oxygen atoms in total. The second-order valence-corrected chi connectivity index (χ2v) is 7.37. The molecule has 1 saturated heterocycles. The topological polar surface area (TPSA) is 61.9 Å². The maximum atomic E-state index is 13.2. The lowest BCUT2D eigenvalue weighted by Crippen LogP contribution is -2.44. The Bertz CT molecular complexity index is 871. The molecule has 0 spiro atoms. The van der Waals surface area contributed by atoms with E-state index in [1.54, 1.807) is 25.3 Å². The Balaban J connectivity index is 1.75. The van der Waals surface area contributed by atoms with Crippen molar-refractivity contribution in [2.75, 3.05) is 20.8 Å². The van der Waals surface area contributed by atoms with Crippen LogP contribution in [-0.4, -0.2) is 42.6 Å². The first-order valence-electron chi connectivity index (χ1n) is 9.11. The van der Waals surface area contributed by atoms with Crippen molar-refractivity contribution in [2.45, 2.75) is 25.4 Å². The Hall–Kier alpha value is -2.57. The van der Waals surface area contributed by atoms with Gasteiger partial charge in [0, 0.05) is 11.6 Å². The molecule has 0 bridgehead atoms. The lowest BCUT2D eigenvalue weighted by molar-refractivity contribution is -0.133. The van der Waals surface area contributed by atoms with Gasteiger partial charge in [-0.3, -0.25) is 9.69 Å². The zero-order valence-electron chi connectivity index (χ0n) is 16.2. The summed E-state index contributed by atoms with van der Waals surface area (Å²) < 4.78 is 5.17. The molecule has 0 unspecified atom stereocenters. The first-order valence-corrected chi connectivity index (χ1v) is 9.49. The molecular formula is C21H24ClN3O3. The summed E-state index contributed by atoms with van der Waals surface area (Å²) in [7, 11) is 3.49. The van der Waals surface area contributed by atoms with Crippen LogP contribution in [0.25, 0.3) is 0 Å². The zero-order valence-corrected chi connectivity index (χ0v) is 17.0. The molecule has 3 amide bonds. The molecule has 0 aliphatic carbocycles. The van der Waals surface area contributed by atoms with Crippen LogP contribution in [-0.2, 0) is 16.9 Å². The Labute approximate surface area is 170 Å². The minimum absolute atomic E-state index is 0.193. The number of methoxy groups -OCH3 is 1. The molecule has 1 N–H and O–H groups in total. The number of rotatable bonds is 7. The number of halogens is 1. The molecule has 7 heteroatoms. The van der Waals surface area contributed by atoms with Crippen molar-refractivity contribution in [2.24, 2.45) is 0 Å². The predicted molar refractivity (Wildman–Crippen MR) is 108 cm³/mol. The number of carbonyl (C=O) groups is 2. The Morgan fingerprint density at radius 3 is 2.50 bits per heavy atom. The highest BCUT2D eigenvalue weighted by atomic mass is 35.5. The first-order chi connectivity index (χ1) is 13.4. The van der Waals surface area contributed by atoms with E-state index in [-0.39, 0.29) is 12.6 Å². The third-order valence-electron chi connectivity index (χ3n) is 5.02. The third-order valence-corrected chi connectivity index (χ3v) is 5.25. The van der Waals surface area contributed by atoms with Gasteiger partial charge in [-0.15, -0.1) is 0 Å². The van der Waals surface area contributed by atoms with Gasteiger partial charge in [-0.25, -0.2) is 9.69 Å². The number of nitrogens with zero attached hydrogens (tertiary/aromatic N) is 2. The van der Waals surface area contributed by atoms with Crippen molar-refractivity contribution < 1.29 is 14.3 Å². The van der Waals surface area contributed by atoms with Gasteiger partial charge in [0.05, 0.1) is 13.8 Å². The van der Waals surface area contributed by atoms with Gasteiger partial charge in [0.25, 0.3) is 5.91 Å². The lowest BCUT2D eigenvalue weighted by atomic mass is 9.87. The SMILES string of the molecule is CC[C@@]1(c2cccc(Cl)c2)NC(=O)N(CN(C)Cc2ccc(OC)cc2)C1=O. The number of benzene rings is 2. The minimum atomic E-state index is -1.08. The van der Waals surface area contributed by atoms with E-state index in [4.69, 9.17) is 16.3 Å². The van der Waals surface area contributed by atoms with Crippen LogP contribution in [0.4, 0.5) is 4.79 Å². The average Bonchev–Trinajstić information content (AvgIpc) is 2.93. The molecule has 1 fully saturated rings. The van der Waals surface area contributed by atoms with E-state index in [0.717, 1.165) is 11.3 Å². The van der Waals surface area contributed by atoms with Crippen LogP contribution < -0.4 is 10.1 Å². The summed E-state index contributed by atoms with van der Waals surface area (Å²) in [5.41, 5.74) is 0.677. The van der Waals surface area contributed by atoms with E-state index in [2.05, 4.69) is 5.32 Å².